The van der Waals surface area contributed by atoms with E-state index in [1.54, 1.807) is 0 Å². The number of hydrogen-bond donors (Lipinski definition) is 1. The number of nitrogens with one attached hydrogen (secondary N) is 1. The van der Waals surface area contributed by atoms with Crippen LogP contribution in [0.25, 0.3) is 22.3 Å². The van der Waals surface area contributed by atoms with Gasteiger partial charge in [-0.15, -0.1) is 10.2 Å². The lowest BCUT2D eigenvalue weighted by Gasteiger charge is -2.25. The van der Waals surface area contributed by atoms with Crippen LogP contribution < -0.4 is 4.90 Å². The number of benzene rings is 2. The van der Waals surface area contributed by atoms with Crippen molar-refractivity contribution in [3.8, 4) is 11.4 Å². The third kappa shape index (κ3) is 3.14. The van der Waals surface area contributed by atoms with Crippen LogP contribution in [0.15, 0.2) is 59.9 Å². The Hall–Kier alpha value is -3.06. The van der Waals surface area contributed by atoms with Gasteiger partial charge in [-0.05, 0) is 50.8 Å². The molecule has 0 radical (unpaired) electrons. The van der Waals surface area contributed by atoms with Crippen LogP contribution in [0.3, 0.4) is 0 Å². The highest BCUT2D eigenvalue weighted by molar-refractivity contribution is 8.00. The van der Waals surface area contributed by atoms with Crippen molar-refractivity contribution in [1.29, 1.82) is 0 Å². The van der Waals surface area contributed by atoms with E-state index in [4.69, 9.17) is 0 Å². The lowest BCUT2D eigenvalue weighted by atomic mass is 10.1. The molecule has 7 heteroatoms. The van der Waals surface area contributed by atoms with Gasteiger partial charge >= 0.3 is 0 Å². The number of para-hydroxylation sites is 2. The lowest BCUT2D eigenvalue weighted by molar-refractivity contribution is -0.118. The van der Waals surface area contributed by atoms with Crippen LogP contribution in [0.5, 0.6) is 0 Å². The minimum atomic E-state index is -0.249. The van der Waals surface area contributed by atoms with E-state index < -0.39 is 0 Å². The van der Waals surface area contributed by atoms with Crippen LogP contribution in [0.4, 0.5) is 5.69 Å². The SMILES string of the molecule is C[C@H](Sc1nnc(-c2c[nH]c3ccccc23)n1C1CC1)C(=O)N1c2ccccc2C[C@H]1C. The maximum absolute atomic E-state index is 13.5. The van der Waals surface area contributed by atoms with Crippen LogP contribution in [0.1, 0.15) is 38.3 Å². The molecule has 6 rings (SSSR count). The van der Waals surface area contributed by atoms with Crippen LogP contribution in [-0.4, -0.2) is 36.9 Å². The summed E-state index contributed by atoms with van der Waals surface area (Å²) in [5.74, 6) is 1.01. The number of fused-ring (bicyclic) bond motifs is 2. The van der Waals surface area contributed by atoms with E-state index in [1.807, 2.05) is 42.3 Å². The second-order valence-electron chi connectivity index (χ2n) is 8.81. The highest BCUT2D eigenvalue weighted by atomic mass is 32.2. The van der Waals surface area contributed by atoms with Crippen LogP contribution in [0, 0.1) is 0 Å². The first-order chi connectivity index (χ1) is 15.6. The van der Waals surface area contributed by atoms with Gasteiger partial charge in [-0.2, -0.15) is 0 Å². The Morgan fingerprint density at radius 3 is 2.75 bits per heavy atom. The average Bonchev–Trinajstić information content (AvgIpc) is 3.27. The van der Waals surface area contributed by atoms with Crippen molar-refractivity contribution >= 4 is 34.3 Å². The van der Waals surface area contributed by atoms with Gasteiger partial charge in [-0.3, -0.25) is 9.36 Å². The van der Waals surface area contributed by atoms with Crippen molar-refractivity contribution in [2.24, 2.45) is 0 Å². The summed E-state index contributed by atoms with van der Waals surface area (Å²) >= 11 is 1.52. The van der Waals surface area contributed by atoms with Gasteiger partial charge in [0.05, 0.1) is 5.25 Å². The summed E-state index contributed by atoms with van der Waals surface area (Å²) in [7, 11) is 0. The number of carbonyl (C=O) groups excluding carboxylic acids is 1. The summed E-state index contributed by atoms with van der Waals surface area (Å²) in [5, 5.41) is 10.8. The van der Waals surface area contributed by atoms with E-state index in [0.29, 0.717) is 6.04 Å². The van der Waals surface area contributed by atoms with Crippen molar-refractivity contribution in [2.45, 2.75) is 55.6 Å². The van der Waals surface area contributed by atoms with E-state index in [9.17, 15) is 4.79 Å². The number of H-pyrrole nitrogens is 1. The summed E-state index contributed by atoms with van der Waals surface area (Å²) < 4.78 is 2.24. The zero-order valence-corrected chi connectivity index (χ0v) is 19.0. The molecule has 3 heterocycles. The molecule has 0 saturated heterocycles. The number of thioether (sulfide) groups is 1. The quantitative estimate of drug-likeness (QED) is 0.430. The summed E-state index contributed by atoms with van der Waals surface area (Å²) in [4.78, 5) is 18.8. The van der Waals surface area contributed by atoms with E-state index in [2.05, 4.69) is 50.9 Å². The molecule has 32 heavy (non-hydrogen) atoms. The smallest absolute Gasteiger partial charge is 0.240 e. The predicted molar refractivity (Wildman–Crippen MR) is 128 cm³/mol. The predicted octanol–water partition coefficient (Wildman–Crippen LogP) is 5.22. The molecule has 2 aromatic heterocycles. The van der Waals surface area contributed by atoms with Gasteiger partial charge < -0.3 is 9.88 Å². The maximum Gasteiger partial charge on any atom is 0.240 e. The Kier molecular flexibility index (Phi) is 4.61. The number of aromatic nitrogens is 4. The Labute approximate surface area is 191 Å². The van der Waals surface area contributed by atoms with Gasteiger partial charge in [0.25, 0.3) is 0 Å². The third-order valence-corrected chi connectivity index (χ3v) is 7.53. The summed E-state index contributed by atoms with van der Waals surface area (Å²) in [6.07, 6.45) is 5.17. The van der Waals surface area contributed by atoms with E-state index >= 15 is 0 Å². The second kappa shape index (κ2) is 7.52. The van der Waals surface area contributed by atoms with Crippen LogP contribution >= 0.6 is 11.8 Å². The molecule has 2 aromatic carbocycles. The number of amides is 1. The zero-order valence-electron chi connectivity index (χ0n) is 18.2. The molecule has 1 saturated carbocycles. The first-order valence-corrected chi connectivity index (χ1v) is 12.1. The molecule has 0 spiro atoms. The molecule has 1 aliphatic carbocycles. The number of carbonyl (C=O) groups is 1. The number of aromatic amines is 1. The minimum absolute atomic E-state index is 0.131. The molecule has 1 fully saturated rings. The molecule has 1 aliphatic heterocycles. The van der Waals surface area contributed by atoms with Gasteiger partial charge in [-0.25, -0.2) is 0 Å². The van der Waals surface area contributed by atoms with Gasteiger partial charge in [-0.1, -0.05) is 48.2 Å². The summed E-state index contributed by atoms with van der Waals surface area (Å²) in [5.41, 5.74) is 4.44. The van der Waals surface area contributed by atoms with Crippen molar-refractivity contribution < 1.29 is 4.79 Å². The fourth-order valence-corrected chi connectivity index (χ4v) is 5.73. The van der Waals surface area contributed by atoms with Crippen molar-refractivity contribution in [2.75, 3.05) is 4.90 Å². The second-order valence-corrected chi connectivity index (χ2v) is 10.1. The first kappa shape index (κ1) is 19.6. The fraction of sp³-hybridized carbons (Fsp3) is 0.320. The number of hydrogen-bond acceptors (Lipinski definition) is 4. The maximum atomic E-state index is 13.5. The molecule has 162 valence electrons. The van der Waals surface area contributed by atoms with E-state index in [-0.39, 0.29) is 17.2 Å². The standard InChI is InChI=1S/C25H25N5OS/c1-15-13-17-7-3-6-10-22(17)29(15)24(31)16(2)32-25-28-27-23(30(25)18-11-12-18)20-14-26-21-9-5-4-8-19(20)21/h3-10,14-16,18,26H,11-13H2,1-2H3/t15-,16+/m1/s1. The molecule has 1 N–H and O–H groups in total. The van der Waals surface area contributed by atoms with E-state index in [1.165, 1.54) is 17.3 Å². The number of rotatable bonds is 5. The molecular formula is C25H25N5OS. The largest absolute Gasteiger partial charge is 0.360 e. The number of nitrogens with zero attached hydrogens (tertiary/aromatic N) is 4. The van der Waals surface area contributed by atoms with Gasteiger partial charge in [0.15, 0.2) is 11.0 Å². The van der Waals surface area contributed by atoms with E-state index in [0.717, 1.165) is 52.4 Å². The topological polar surface area (TPSA) is 66.8 Å². The Balaban J connectivity index is 1.31. The van der Waals surface area contributed by atoms with Crippen molar-refractivity contribution in [1.82, 2.24) is 19.7 Å². The highest BCUT2D eigenvalue weighted by Crippen LogP contribution is 2.43. The van der Waals surface area contributed by atoms with Gasteiger partial charge in [0, 0.05) is 40.4 Å². The third-order valence-electron chi connectivity index (χ3n) is 6.48. The molecule has 2 aliphatic rings. The van der Waals surface area contributed by atoms with Crippen LogP contribution in [-0.2, 0) is 11.2 Å². The van der Waals surface area contributed by atoms with Crippen LogP contribution in [0.2, 0.25) is 0 Å². The minimum Gasteiger partial charge on any atom is -0.360 e. The summed E-state index contributed by atoms with van der Waals surface area (Å²) in [6.45, 7) is 4.11. The molecular weight excluding hydrogens is 418 g/mol. The van der Waals surface area contributed by atoms with Crippen molar-refractivity contribution in [3.05, 3.63) is 60.3 Å². The van der Waals surface area contributed by atoms with Crippen molar-refractivity contribution in [3.63, 3.8) is 0 Å². The molecule has 4 aromatic rings. The fourth-order valence-electron chi connectivity index (χ4n) is 4.77. The van der Waals surface area contributed by atoms with Gasteiger partial charge in [0.1, 0.15) is 0 Å². The molecule has 0 unspecified atom stereocenters. The molecule has 1 amide bonds. The number of anilines is 1. The van der Waals surface area contributed by atoms with Gasteiger partial charge in [0.2, 0.25) is 5.91 Å². The monoisotopic (exact) mass is 443 g/mol. The molecule has 0 bridgehead atoms. The summed E-state index contributed by atoms with van der Waals surface area (Å²) in [6, 6.07) is 17.1. The lowest BCUT2D eigenvalue weighted by Crippen LogP contribution is -2.40. The molecule has 6 nitrogen and oxygen atoms in total. The normalized spacial score (nSPS) is 18.8. The first-order valence-electron chi connectivity index (χ1n) is 11.2. The Bertz CT molecular complexity index is 1320. The Morgan fingerprint density at radius 1 is 1.12 bits per heavy atom. The highest BCUT2D eigenvalue weighted by Gasteiger charge is 2.36. The Morgan fingerprint density at radius 2 is 1.91 bits per heavy atom. The average molecular weight is 444 g/mol. The molecule has 2 atom stereocenters. The zero-order chi connectivity index (χ0) is 21.8.